The molecule has 0 aliphatic heterocycles. The van der Waals surface area contributed by atoms with Crippen LogP contribution in [0.15, 0.2) is 42.5 Å². The Morgan fingerprint density at radius 1 is 1.14 bits per heavy atom. The molecule has 5 heteroatoms. The Morgan fingerprint density at radius 2 is 1.95 bits per heavy atom. The molecule has 0 radical (unpaired) electrons. The van der Waals surface area contributed by atoms with Gasteiger partial charge in [-0.3, -0.25) is 4.79 Å². The molecule has 0 bridgehead atoms. The highest BCUT2D eigenvalue weighted by atomic mass is 35.5. The molecule has 0 spiro atoms. The van der Waals surface area contributed by atoms with Crippen LogP contribution in [0, 0.1) is 0 Å². The van der Waals surface area contributed by atoms with Crippen molar-refractivity contribution in [2.24, 2.45) is 0 Å². The molecule has 1 N–H and O–H groups in total. The molecule has 2 rings (SSSR count). The van der Waals surface area contributed by atoms with Crippen molar-refractivity contribution in [2.45, 2.75) is 6.54 Å². The number of hydrogen-bond donors (Lipinski definition) is 1. The van der Waals surface area contributed by atoms with E-state index in [1.807, 2.05) is 6.07 Å². The van der Waals surface area contributed by atoms with Gasteiger partial charge in [-0.25, -0.2) is 0 Å². The monoisotopic (exact) mass is 305 g/mol. The molecule has 0 aliphatic carbocycles. The first-order valence-electron chi connectivity index (χ1n) is 6.38. The zero-order valence-corrected chi connectivity index (χ0v) is 12.6. The standard InChI is InChI=1S/C16H16ClNO3/c1-20-13-5-3-4-12(9-13)16(19)18-10-11-6-7-15(21-2)14(17)8-11/h3-9H,10H2,1-2H3,(H,18,19). The molecule has 0 atom stereocenters. The SMILES string of the molecule is COc1cccc(C(=O)NCc2ccc(OC)c(Cl)c2)c1. The average Bonchev–Trinajstić information content (AvgIpc) is 2.52. The minimum absolute atomic E-state index is 0.166. The Bertz CT molecular complexity index is 643. The molecule has 4 nitrogen and oxygen atoms in total. The van der Waals surface area contributed by atoms with Gasteiger partial charge in [0.2, 0.25) is 0 Å². The number of carbonyl (C=O) groups is 1. The van der Waals surface area contributed by atoms with E-state index in [4.69, 9.17) is 21.1 Å². The normalized spacial score (nSPS) is 10.0. The lowest BCUT2D eigenvalue weighted by atomic mass is 10.2. The third-order valence-electron chi connectivity index (χ3n) is 3.00. The molecule has 2 aromatic carbocycles. The molecule has 1 amide bonds. The largest absolute Gasteiger partial charge is 0.497 e. The van der Waals surface area contributed by atoms with E-state index in [0.717, 1.165) is 5.56 Å². The zero-order valence-electron chi connectivity index (χ0n) is 11.9. The molecule has 2 aromatic rings. The fraction of sp³-hybridized carbons (Fsp3) is 0.188. The molecule has 0 aromatic heterocycles. The van der Waals surface area contributed by atoms with Gasteiger partial charge in [-0.2, -0.15) is 0 Å². The minimum atomic E-state index is -0.166. The number of benzene rings is 2. The van der Waals surface area contributed by atoms with Crippen molar-refractivity contribution < 1.29 is 14.3 Å². The molecular weight excluding hydrogens is 290 g/mol. The maximum Gasteiger partial charge on any atom is 0.251 e. The molecular formula is C16H16ClNO3. The Balaban J connectivity index is 2.02. The van der Waals surface area contributed by atoms with Crippen molar-refractivity contribution in [2.75, 3.05) is 14.2 Å². The Morgan fingerprint density at radius 3 is 2.62 bits per heavy atom. The summed E-state index contributed by atoms with van der Waals surface area (Å²) in [6.45, 7) is 0.389. The quantitative estimate of drug-likeness (QED) is 0.922. The number of carbonyl (C=O) groups excluding carboxylic acids is 1. The first kappa shape index (κ1) is 15.2. The first-order valence-corrected chi connectivity index (χ1v) is 6.76. The van der Waals surface area contributed by atoms with E-state index in [1.165, 1.54) is 0 Å². The lowest BCUT2D eigenvalue weighted by molar-refractivity contribution is 0.0950. The molecule has 21 heavy (non-hydrogen) atoms. The van der Waals surface area contributed by atoms with Crippen molar-refractivity contribution in [3.05, 3.63) is 58.6 Å². The van der Waals surface area contributed by atoms with Gasteiger partial charge in [0.15, 0.2) is 0 Å². The van der Waals surface area contributed by atoms with Gasteiger partial charge >= 0.3 is 0 Å². The van der Waals surface area contributed by atoms with Crippen LogP contribution in [0.3, 0.4) is 0 Å². The topological polar surface area (TPSA) is 47.6 Å². The number of methoxy groups -OCH3 is 2. The predicted molar refractivity (Wildman–Crippen MR) is 82.2 cm³/mol. The van der Waals surface area contributed by atoms with Gasteiger partial charge in [-0.1, -0.05) is 23.7 Å². The van der Waals surface area contributed by atoms with E-state index in [-0.39, 0.29) is 5.91 Å². The summed E-state index contributed by atoms with van der Waals surface area (Å²) in [6, 6.07) is 12.4. The van der Waals surface area contributed by atoms with Crippen LogP contribution < -0.4 is 14.8 Å². The predicted octanol–water partition coefficient (Wildman–Crippen LogP) is 3.29. The molecule has 0 saturated carbocycles. The zero-order chi connectivity index (χ0) is 15.2. The number of hydrogen-bond acceptors (Lipinski definition) is 3. The van der Waals surface area contributed by atoms with E-state index < -0.39 is 0 Å². The lowest BCUT2D eigenvalue weighted by Gasteiger charge is -2.08. The van der Waals surface area contributed by atoms with Crippen LogP contribution in [0.1, 0.15) is 15.9 Å². The number of halogens is 1. The van der Waals surface area contributed by atoms with Crippen LogP contribution in [0.5, 0.6) is 11.5 Å². The van der Waals surface area contributed by atoms with Gasteiger partial charge in [0.25, 0.3) is 5.91 Å². The molecule has 0 fully saturated rings. The third-order valence-corrected chi connectivity index (χ3v) is 3.30. The Hall–Kier alpha value is -2.20. The van der Waals surface area contributed by atoms with E-state index >= 15 is 0 Å². The van der Waals surface area contributed by atoms with E-state index in [1.54, 1.807) is 50.6 Å². The molecule has 0 heterocycles. The van der Waals surface area contributed by atoms with Crippen LogP contribution in [-0.2, 0) is 6.54 Å². The summed E-state index contributed by atoms with van der Waals surface area (Å²) in [5.74, 6) is 1.09. The van der Waals surface area contributed by atoms with Gasteiger partial charge in [0, 0.05) is 12.1 Å². The van der Waals surface area contributed by atoms with Crippen molar-refractivity contribution in [1.82, 2.24) is 5.32 Å². The maximum atomic E-state index is 12.1. The van der Waals surface area contributed by atoms with Crippen molar-refractivity contribution >= 4 is 17.5 Å². The maximum absolute atomic E-state index is 12.1. The number of ether oxygens (including phenoxy) is 2. The van der Waals surface area contributed by atoms with E-state index in [2.05, 4.69) is 5.32 Å². The molecule has 0 aliphatic rings. The van der Waals surface area contributed by atoms with Gasteiger partial charge in [0.05, 0.1) is 19.2 Å². The second-order valence-corrected chi connectivity index (χ2v) is 4.79. The van der Waals surface area contributed by atoms with Crippen LogP contribution >= 0.6 is 11.6 Å². The molecule has 110 valence electrons. The average molecular weight is 306 g/mol. The summed E-state index contributed by atoms with van der Waals surface area (Å²) < 4.78 is 10.2. The Kier molecular flexibility index (Phi) is 5.06. The molecule has 0 saturated heterocycles. The van der Waals surface area contributed by atoms with Crippen molar-refractivity contribution in [1.29, 1.82) is 0 Å². The van der Waals surface area contributed by atoms with Crippen molar-refractivity contribution in [3.8, 4) is 11.5 Å². The third kappa shape index (κ3) is 3.89. The summed E-state index contributed by atoms with van der Waals surface area (Å²) in [7, 11) is 3.13. The highest BCUT2D eigenvalue weighted by molar-refractivity contribution is 6.32. The molecule has 0 unspecified atom stereocenters. The fourth-order valence-electron chi connectivity index (χ4n) is 1.87. The lowest BCUT2D eigenvalue weighted by Crippen LogP contribution is -2.22. The smallest absolute Gasteiger partial charge is 0.251 e. The first-order chi connectivity index (χ1) is 10.1. The highest BCUT2D eigenvalue weighted by Gasteiger charge is 2.07. The fourth-order valence-corrected chi connectivity index (χ4v) is 2.15. The second-order valence-electron chi connectivity index (χ2n) is 4.38. The number of amides is 1. The van der Waals surface area contributed by atoms with Crippen LogP contribution in [-0.4, -0.2) is 20.1 Å². The Labute approximate surface area is 128 Å². The van der Waals surface area contributed by atoms with Crippen LogP contribution in [0.4, 0.5) is 0 Å². The van der Waals surface area contributed by atoms with E-state index in [0.29, 0.717) is 28.6 Å². The van der Waals surface area contributed by atoms with Crippen LogP contribution in [0.2, 0.25) is 5.02 Å². The van der Waals surface area contributed by atoms with Gasteiger partial charge in [0.1, 0.15) is 11.5 Å². The minimum Gasteiger partial charge on any atom is -0.497 e. The van der Waals surface area contributed by atoms with Crippen molar-refractivity contribution in [3.63, 3.8) is 0 Å². The number of nitrogens with one attached hydrogen (secondary N) is 1. The summed E-state index contributed by atoms with van der Waals surface area (Å²) in [4.78, 5) is 12.1. The van der Waals surface area contributed by atoms with E-state index in [9.17, 15) is 4.79 Å². The summed E-state index contributed by atoms with van der Waals surface area (Å²) in [5.41, 5.74) is 1.45. The van der Waals surface area contributed by atoms with Gasteiger partial charge < -0.3 is 14.8 Å². The van der Waals surface area contributed by atoms with Crippen LogP contribution in [0.25, 0.3) is 0 Å². The second kappa shape index (κ2) is 6.99. The van der Waals surface area contributed by atoms with Gasteiger partial charge in [-0.15, -0.1) is 0 Å². The number of rotatable bonds is 5. The summed E-state index contributed by atoms with van der Waals surface area (Å²) >= 11 is 6.05. The highest BCUT2D eigenvalue weighted by Crippen LogP contribution is 2.24. The van der Waals surface area contributed by atoms with Gasteiger partial charge in [-0.05, 0) is 35.9 Å². The summed E-state index contributed by atoms with van der Waals surface area (Å²) in [5, 5.41) is 3.36. The summed E-state index contributed by atoms with van der Waals surface area (Å²) in [6.07, 6.45) is 0.